The fourth-order valence-electron chi connectivity index (χ4n) is 2.78. The van der Waals surface area contributed by atoms with Gasteiger partial charge in [0.2, 0.25) is 0 Å². The molecule has 2 aromatic carbocycles. The Balaban J connectivity index is 1.85. The Kier molecular flexibility index (Phi) is 6.93. The highest BCUT2D eigenvalue weighted by atomic mass is 32.2. The van der Waals surface area contributed by atoms with Gasteiger partial charge in [-0.05, 0) is 56.2 Å². The molecule has 0 fully saturated rings. The molecule has 0 bridgehead atoms. The second kappa shape index (κ2) is 9.60. The third-order valence-electron chi connectivity index (χ3n) is 4.13. The normalized spacial score (nSPS) is 15.4. The maximum Gasteiger partial charge on any atom is 0.283 e. The molecule has 0 aromatic heterocycles. The van der Waals surface area contributed by atoms with Crippen LogP contribution >= 0.6 is 11.8 Å². The largest absolute Gasteiger partial charge is 0.491 e. The van der Waals surface area contributed by atoms with E-state index in [1.807, 2.05) is 74.5 Å². The smallest absolute Gasteiger partial charge is 0.283 e. The van der Waals surface area contributed by atoms with E-state index in [1.54, 1.807) is 16.7 Å². The molecule has 0 atom stereocenters. The lowest BCUT2D eigenvalue weighted by Gasteiger charge is -2.17. The van der Waals surface area contributed by atoms with E-state index in [4.69, 9.17) is 4.74 Å². The Morgan fingerprint density at radius 2 is 1.82 bits per heavy atom. The Bertz CT molecular complexity index is 858. The van der Waals surface area contributed by atoms with Crippen LogP contribution in [0.4, 0.5) is 5.69 Å². The van der Waals surface area contributed by atoms with Crippen LogP contribution in [-0.2, 0) is 4.79 Å². The second-order valence-corrected chi connectivity index (χ2v) is 7.90. The molecular weight excluding hydrogens is 368 g/mol. The molecule has 28 heavy (non-hydrogen) atoms. The molecule has 0 aliphatic carbocycles. The number of thioether (sulfide) groups is 1. The Hall–Kier alpha value is -2.53. The number of aliphatic imine (C=N–C) groups is 1. The van der Waals surface area contributed by atoms with Gasteiger partial charge < -0.3 is 4.74 Å². The van der Waals surface area contributed by atoms with Crippen molar-refractivity contribution in [1.82, 2.24) is 0 Å². The van der Waals surface area contributed by atoms with Crippen LogP contribution in [0.15, 0.2) is 65.3 Å². The van der Waals surface area contributed by atoms with Crippen LogP contribution in [0, 0.1) is 0 Å². The summed E-state index contributed by atoms with van der Waals surface area (Å²) in [5.41, 5.74) is 2.23. The van der Waals surface area contributed by atoms with Gasteiger partial charge in [-0.15, -0.1) is 0 Å². The molecule has 1 aliphatic rings. The van der Waals surface area contributed by atoms with E-state index < -0.39 is 0 Å². The number of unbranched alkanes of at least 4 members (excludes halogenated alkanes) is 1. The standard InChI is InChI=1S/C23H26N2O2S/c1-4-5-15-28-23-24-21(22(26)25(23)19-9-7-6-8-10-19)16-18-11-13-20(14-12-18)27-17(2)3/h6-14,16-17H,4-5,15H2,1-3H3. The molecule has 3 rings (SSSR count). The third-order valence-corrected chi connectivity index (χ3v) is 5.15. The van der Waals surface area contributed by atoms with Gasteiger partial charge in [0, 0.05) is 5.75 Å². The minimum absolute atomic E-state index is 0.0901. The molecular formula is C23H26N2O2S. The summed E-state index contributed by atoms with van der Waals surface area (Å²) in [6.07, 6.45) is 4.18. The maximum atomic E-state index is 13.1. The first-order valence-electron chi connectivity index (χ1n) is 9.68. The summed E-state index contributed by atoms with van der Waals surface area (Å²) in [4.78, 5) is 19.4. The highest BCUT2D eigenvalue weighted by Gasteiger charge is 2.31. The van der Waals surface area contributed by atoms with Crippen molar-refractivity contribution in [3.05, 3.63) is 65.9 Å². The number of amides is 1. The van der Waals surface area contributed by atoms with Crippen LogP contribution in [0.25, 0.3) is 6.08 Å². The number of carbonyl (C=O) groups is 1. The highest BCUT2D eigenvalue weighted by Crippen LogP contribution is 2.29. The topological polar surface area (TPSA) is 41.9 Å². The number of rotatable bonds is 7. The van der Waals surface area contributed by atoms with Crippen LogP contribution < -0.4 is 9.64 Å². The van der Waals surface area contributed by atoms with Gasteiger partial charge in [-0.2, -0.15) is 0 Å². The number of benzene rings is 2. The molecule has 2 aromatic rings. The maximum absolute atomic E-state index is 13.1. The Morgan fingerprint density at radius 1 is 1.11 bits per heavy atom. The van der Waals surface area contributed by atoms with Crippen molar-refractivity contribution in [2.75, 3.05) is 10.7 Å². The van der Waals surface area contributed by atoms with E-state index >= 15 is 0 Å². The molecule has 0 radical (unpaired) electrons. The van der Waals surface area contributed by atoms with E-state index in [0.717, 1.165) is 40.8 Å². The summed E-state index contributed by atoms with van der Waals surface area (Å²) in [5.74, 6) is 1.67. The molecule has 1 amide bonds. The molecule has 0 saturated carbocycles. The fraction of sp³-hybridized carbons (Fsp3) is 0.304. The van der Waals surface area contributed by atoms with Gasteiger partial charge in [0.1, 0.15) is 11.4 Å². The Labute approximate surface area is 171 Å². The van der Waals surface area contributed by atoms with Gasteiger partial charge in [-0.1, -0.05) is 55.4 Å². The zero-order valence-electron chi connectivity index (χ0n) is 16.6. The number of para-hydroxylation sites is 1. The lowest BCUT2D eigenvalue weighted by molar-refractivity contribution is -0.113. The summed E-state index contributed by atoms with van der Waals surface area (Å²) >= 11 is 1.63. The number of amidine groups is 1. The van der Waals surface area contributed by atoms with Crippen molar-refractivity contribution >= 4 is 34.6 Å². The highest BCUT2D eigenvalue weighted by molar-refractivity contribution is 8.14. The van der Waals surface area contributed by atoms with Crippen LogP contribution in [0.2, 0.25) is 0 Å². The average molecular weight is 395 g/mol. The summed E-state index contributed by atoms with van der Waals surface area (Å²) < 4.78 is 5.68. The lowest BCUT2D eigenvalue weighted by Crippen LogP contribution is -2.30. The molecule has 146 valence electrons. The first-order valence-corrected chi connectivity index (χ1v) is 10.7. The van der Waals surface area contributed by atoms with Crippen LogP contribution in [-0.4, -0.2) is 22.9 Å². The van der Waals surface area contributed by atoms with E-state index in [2.05, 4.69) is 11.9 Å². The van der Waals surface area contributed by atoms with Crippen molar-refractivity contribution in [2.24, 2.45) is 4.99 Å². The molecule has 0 saturated heterocycles. The number of hydrogen-bond acceptors (Lipinski definition) is 4. The second-order valence-electron chi connectivity index (χ2n) is 6.84. The van der Waals surface area contributed by atoms with Crippen LogP contribution in [0.3, 0.4) is 0 Å². The van der Waals surface area contributed by atoms with Gasteiger partial charge in [0.05, 0.1) is 11.8 Å². The van der Waals surface area contributed by atoms with Crippen molar-refractivity contribution < 1.29 is 9.53 Å². The molecule has 1 aliphatic heterocycles. The quantitative estimate of drug-likeness (QED) is 0.443. The summed E-state index contributed by atoms with van der Waals surface area (Å²) in [5, 5.41) is 0.746. The van der Waals surface area contributed by atoms with Crippen molar-refractivity contribution in [3.8, 4) is 5.75 Å². The minimum Gasteiger partial charge on any atom is -0.491 e. The minimum atomic E-state index is -0.0901. The molecule has 5 heteroatoms. The fourth-order valence-corrected chi connectivity index (χ4v) is 3.87. The van der Waals surface area contributed by atoms with E-state index in [9.17, 15) is 4.79 Å². The number of anilines is 1. The lowest BCUT2D eigenvalue weighted by atomic mass is 10.2. The molecule has 0 spiro atoms. The first kappa shape index (κ1) is 20.2. The van der Waals surface area contributed by atoms with Crippen molar-refractivity contribution in [2.45, 2.75) is 39.7 Å². The Morgan fingerprint density at radius 3 is 2.46 bits per heavy atom. The predicted octanol–water partition coefficient (Wildman–Crippen LogP) is 5.75. The van der Waals surface area contributed by atoms with Crippen LogP contribution in [0.1, 0.15) is 39.2 Å². The molecule has 0 N–H and O–H groups in total. The average Bonchev–Trinajstić information content (AvgIpc) is 2.99. The van der Waals surface area contributed by atoms with Gasteiger partial charge >= 0.3 is 0 Å². The summed E-state index contributed by atoms with van der Waals surface area (Å²) in [6, 6.07) is 17.4. The zero-order chi connectivity index (χ0) is 19.9. The molecule has 1 heterocycles. The van der Waals surface area contributed by atoms with Crippen LogP contribution in [0.5, 0.6) is 5.75 Å². The van der Waals surface area contributed by atoms with Gasteiger partial charge in [-0.3, -0.25) is 9.69 Å². The molecule has 0 unspecified atom stereocenters. The molecule has 4 nitrogen and oxygen atoms in total. The summed E-state index contributed by atoms with van der Waals surface area (Å²) in [6.45, 7) is 6.16. The monoisotopic (exact) mass is 394 g/mol. The van der Waals surface area contributed by atoms with Crippen molar-refractivity contribution in [3.63, 3.8) is 0 Å². The predicted molar refractivity (Wildman–Crippen MR) is 119 cm³/mol. The van der Waals surface area contributed by atoms with Gasteiger partial charge in [0.25, 0.3) is 5.91 Å². The third kappa shape index (κ3) is 5.04. The van der Waals surface area contributed by atoms with E-state index in [-0.39, 0.29) is 12.0 Å². The van der Waals surface area contributed by atoms with E-state index in [1.165, 1.54) is 0 Å². The van der Waals surface area contributed by atoms with E-state index in [0.29, 0.717) is 5.70 Å². The first-order chi connectivity index (χ1) is 13.6. The van der Waals surface area contributed by atoms with Gasteiger partial charge in [-0.25, -0.2) is 4.99 Å². The number of carbonyl (C=O) groups excluding carboxylic acids is 1. The number of nitrogens with zero attached hydrogens (tertiary/aromatic N) is 2. The SMILES string of the molecule is CCCCSC1=NC(=Cc2ccc(OC(C)C)cc2)C(=O)N1c1ccccc1. The number of ether oxygens (including phenoxy) is 1. The van der Waals surface area contributed by atoms with Gasteiger partial charge in [0.15, 0.2) is 5.17 Å². The zero-order valence-corrected chi connectivity index (χ0v) is 17.4. The number of hydrogen-bond donors (Lipinski definition) is 0. The van der Waals surface area contributed by atoms with Crippen molar-refractivity contribution in [1.29, 1.82) is 0 Å². The summed E-state index contributed by atoms with van der Waals surface area (Å²) in [7, 11) is 0.